The van der Waals surface area contributed by atoms with Gasteiger partial charge in [0.15, 0.2) is 5.76 Å². The molecule has 0 atom stereocenters. The van der Waals surface area contributed by atoms with Gasteiger partial charge in [0.1, 0.15) is 5.82 Å². The van der Waals surface area contributed by atoms with Crippen LogP contribution in [-0.2, 0) is 6.54 Å². The third-order valence-corrected chi connectivity index (χ3v) is 2.38. The fraction of sp³-hybridized carbons (Fsp3) is 0.308. The maximum atomic E-state index is 12.8. The highest BCUT2D eigenvalue weighted by Gasteiger charge is 2.06. The first-order chi connectivity index (χ1) is 8.15. The van der Waals surface area contributed by atoms with Crippen LogP contribution < -0.4 is 5.32 Å². The second-order valence-electron chi connectivity index (χ2n) is 4.22. The molecule has 1 aromatic heterocycles. The molecule has 0 saturated heterocycles. The number of benzene rings is 1. The van der Waals surface area contributed by atoms with Crippen molar-refractivity contribution in [3.63, 3.8) is 0 Å². The summed E-state index contributed by atoms with van der Waals surface area (Å²) in [6.45, 7) is 4.81. The zero-order valence-electron chi connectivity index (χ0n) is 9.90. The van der Waals surface area contributed by atoms with Gasteiger partial charge in [-0.25, -0.2) is 4.39 Å². The van der Waals surface area contributed by atoms with Crippen LogP contribution in [0.25, 0.3) is 11.3 Å². The predicted octanol–water partition coefficient (Wildman–Crippen LogP) is 2.98. The predicted molar refractivity (Wildman–Crippen MR) is 63.9 cm³/mol. The summed E-state index contributed by atoms with van der Waals surface area (Å²) in [5.74, 6) is 0.403. The molecule has 0 radical (unpaired) electrons. The van der Waals surface area contributed by atoms with Crippen LogP contribution in [0, 0.1) is 5.82 Å². The van der Waals surface area contributed by atoms with Crippen molar-refractivity contribution in [1.82, 2.24) is 10.5 Å². The van der Waals surface area contributed by atoms with E-state index in [1.54, 1.807) is 12.1 Å². The van der Waals surface area contributed by atoms with Gasteiger partial charge in [-0.2, -0.15) is 0 Å². The zero-order chi connectivity index (χ0) is 12.3. The molecule has 0 saturated carbocycles. The van der Waals surface area contributed by atoms with Gasteiger partial charge in [-0.05, 0) is 24.3 Å². The van der Waals surface area contributed by atoms with Gasteiger partial charge in [0, 0.05) is 24.2 Å². The number of nitrogens with zero attached hydrogens (tertiary/aromatic N) is 1. The Kier molecular flexibility index (Phi) is 3.54. The molecule has 0 spiro atoms. The number of rotatable bonds is 4. The third kappa shape index (κ3) is 3.14. The monoisotopic (exact) mass is 234 g/mol. The Morgan fingerprint density at radius 1 is 1.29 bits per heavy atom. The van der Waals surface area contributed by atoms with Gasteiger partial charge in [0.2, 0.25) is 0 Å². The largest absolute Gasteiger partial charge is 0.356 e. The lowest BCUT2D eigenvalue weighted by Gasteiger charge is -2.03. The van der Waals surface area contributed by atoms with E-state index in [1.807, 2.05) is 6.07 Å². The van der Waals surface area contributed by atoms with E-state index in [2.05, 4.69) is 24.3 Å². The first-order valence-electron chi connectivity index (χ1n) is 5.60. The summed E-state index contributed by atoms with van der Waals surface area (Å²) in [6, 6.07) is 8.43. The molecule has 3 nitrogen and oxygen atoms in total. The van der Waals surface area contributed by atoms with Crippen LogP contribution in [0.3, 0.4) is 0 Å². The minimum absolute atomic E-state index is 0.255. The average molecular weight is 234 g/mol. The number of aromatic nitrogens is 1. The molecule has 0 aliphatic carbocycles. The second kappa shape index (κ2) is 5.10. The lowest BCUT2D eigenvalue weighted by molar-refractivity contribution is 0.417. The van der Waals surface area contributed by atoms with Crippen molar-refractivity contribution in [3.05, 3.63) is 41.8 Å². The van der Waals surface area contributed by atoms with Crippen LogP contribution in [0.15, 0.2) is 34.9 Å². The van der Waals surface area contributed by atoms with Crippen LogP contribution in [0.5, 0.6) is 0 Å². The molecular formula is C13H15FN2O. The highest BCUT2D eigenvalue weighted by molar-refractivity contribution is 5.56. The summed E-state index contributed by atoms with van der Waals surface area (Å²) >= 11 is 0. The molecule has 2 aromatic rings. The lowest BCUT2D eigenvalue weighted by atomic mass is 10.1. The second-order valence-corrected chi connectivity index (χ2v) is 4.22. The molecule has 17 heavy (non-hydrogen) atoms. The number of hydrogen-bond acceptors (Lipinski definition) is 3. The smallest absolute Gasteiger partial charge is 0.167 e. The molecule has 1 N–H and O–H groups in total. The first-order valence-corrected chi connectivity index (χ1v) is 5.60. The van der Waals surface area contributed by atoms with E-state index in [1.165, 1.54) is 12.1 Å². The SMILES string of the molecule is CC(C)NCc1cc(-c2ccc(F)cc2)on1. The van der Waals surface area contributed by atoms with E-state index in [0.29, 0.717) is 18.3 Å². The molecule has 2 rings (SSSR count). The van der Waals surface area contributed by atoms with E-state index in [0.717, 1.165) is 11.3 Å². The van der Waals surface area contributed by atoms with E-state index in [4.69, 9.17) is 4.52 Å². The first kappa shape index (κ1) is 11.8. The zero-order valence-corrected chi connectivity index (χ0v) is 9.90. The summed E-state index contributed by atoms with van der Waals surface area (Å²) in [5, 5.41) is 7.21. The molecule has 0 amide bonds. The van der Waals surface area contributed by atoms with Crippen molar-refractivity contribution in [1.29, 1.82) is 0 Å². The highest BCUT2D eigenvalue weighted by atomic mass is 19.1. The lowest BCUT2D eigenvalue weighted by Crippen LogP contribution is -2.21. The van der Waals surface area contributed by atoms with Crippen molar-refractivity contribution in [3.8, 4) is 11.3 Å². The molecule has 0 fully saturated rings. The van der Waals surface area contributed by atoms with Crippen molar-refractivity contribution in [2.75, 3.05) is 0 Å². The normalized spacial score (nSPS) is 11.1. The Morgan fingerprint density at radius 2 is 2.00 bits per heavy atom. The summed E-state index contributed by atoms with van der Waals surface area (Å²) in [4.78, 5) is 0. The quantitative estimate of drug-likeness (QED) is 0.883. The summed E-state index contributed by atoms with van der Waals surface area (Å²) in [5.41, 5.74) is 1.67. The molecule has 0 aliphatic heterocycles. The fourth-order valence-electron chi connectivity index (χ4n) is 1.45. The van der Waals surface area contributed by atoms with Crippen molar-refractivity contribution >= 4 is 0 Å². The highest BCUT2D eigenvalue weighted by Crippen LogP contribution is 2.20. The molecular weight excluding hydrogens is 219 g/mol. The Morgan fingerprint density at radius 3 is 2.65 bits per heavy atom. The van der Waals surface area contributed by atoms with Gasteiger partial charge in [-0.15, -0.1) is 0 Å². The van der Waals surface area contributed by atoms with Crippen LogP contribution >= 0.6 is 0 Å². The van der Waals surface area contributed by atoms with E-state index in [-0.39, 0.29) is 5.82 Å². The van der Waals surface area contributed by atoms with Crippen LogP contribution in [0.4, 0.5) is 4.39 Å². The minimum Gasteiger partial charge on any atom is -0.356 e. The van der Waals surface area contributed by atoms with Crippen LogP contribution in [-0.4, -0.2) is 11.2 Å². The molecule has 90 valence electrons. The standard InChI is InChI=1S/C13H15FN2O/c1-9(2)15-8-12-7-13(17-16-12)10-3-5-11(14)6-4-10/h3-7,9,15H,8H2,1-2H3. The van der Waals surface area contributed by atoms with Crippen LogP contribution in [0.2, 0.25) is 0 Å². The summed E-state index contributed by atoms with van der Waals surface area (Å²) in [6.07, 6.45) is 0. The minimum atomic E-state index is -0.255. The molecule has 1 aromatic carbocycles. The van der Waals surface area contributed by atoms with Gasteiger partial charge in [-0.1, -0.05) is 19.0 Å². The van der Waals surface area contributed by atoms with E-state index in [9.17, 15) is 4.39 Å². The van der Waals surface area contributed by atoms with Crippen molar-refractivity contribution in [2.45, 2.75) is 26.4 Å². The Labute approximate surface area is 99.6 Å². The molecule has 1 heterocycles. The van der Waals surface area contributed by atoms with Crippen molar-refractivity contribution in [2.24, 2.45) is 0 Å². The maximum absolute atomic E-state index is 12.8. The van der Waals surface area contributed by atoms with Gasteiger partial charge in [0.05, 0.1) is 5.69 Å². The molecule has 0 aliphatic rings. The fourth-order valence-corrected chi connectivity index (χ4v) is 1.45. The Balaban J connectivity index is 2.10. The van der Waals surface area contributed by atoms with Gasteiger partial charge >= 0.3 is 0 Å². The number of halogens is 1. The van der Waals surface area contributed by atoms with Gasteiger partial charge in [-0.3, -0.25) is 0 Å². The summed E-state index contributed by atoms with van der Waals surface area (Å²) < 4.78 is 18.0. The Bertz CT molecular complexity index is 476. The molecule has 0 bridgehead atoms. The summed E-state index contributed by atoms with van der Waals surface area (Å²) in [7, 11) is 0. The van der Waals surface area contributed by atoms with E-state index >= 15 is 0 Å². The van der Waals surface area contributed by atoms with Crippen LogP contribution in [0.1, 0.15) is 19.5 Å². The van der Waals surface area contributed by atoms with Gasteiger partial charge < -0.3 is 9.84 Å². The third-order valence-electron chi connectivity index (χ3n) is 2.38. The van der Waals surface area contributed by atoms with E-state index < -0.39 is 0 Å². The number of hydrogen-bond donors (Lipinski definition) is 1. The molecule has 4 heteroatoms. The molecule has 0 unspecified atom stereocenters. The number of nitrogens with one attached hydrogen (secondary N) is 1. The van der Waals surface area contributed by atoms with Crippen molar-refractivity contribution < 1.29 is 8.91 Å². The Hall–Kier alpha value is -1.68. The average Bonchev–Trinajstić information content (AvgIpc) is 2.76. The maximum Gasteiger partial charge on any atom is 0.167 e. The topological polar surface area (TPSA) is 38.1 Å². The van der Waals surface area contributed by atoms with Gasteiger partial charge in [0.25, 0.3) is 0 Å².